The quantitative estimate of drug-likeness (QED) is 0.894. The molecule has 106 valence electrons. The van der Waals surface area contributed by atoms with E-state index in [9.17, 15) is 9.90 Å². The zero-order valence-electron chi connectivity index (χ0n) is 11.8. The molecule has 1 aromatic heterocycles. The third kappa shape index (κ3) is 3.05. The highest BCUT2D eigenvalue weighted by Crippen LogP contribution is 2.24. The summed E-state index contributed by atoms with van der Waals surface area (Å²) in [5.41, 5.74) is 1.52. The fourth-order valence-corrected chi connectivity index (χ4v) is 2.02. The van der Waals surface area contributed by atoms with Crippen molar-refractivity contribution in [1.29, 1.82) is 0 Å². The molecule has 1 aromatic carbocycles. The number of rotatable bonds is 4. The zero-order valence-corrected chi connectivity index (χ0v) is 11.8. The van der Waals surface area contributed by atoms with Gasteiger partial charge in [-0.3, -0.25) is 4.79 Å². The van der Waals surface area contributed by atoms with Crippen LogP contribution in [-0.2, 0) is 11.2 Å². The largest absolute Gasteiger partial charge is 0.493 e. The predicted molar refractivity (Wildman–Crippen MR) is 76.9 cm³/mol. The van der Waals surface area contributed by atoms with Gasteiger partial charge in [0.15, 0.2) is 0 Å². The van der Waals surface area contributed by atoms with E-state index in [1.165, 1.54) is 0 Å². The van der Waals surface area contributed by atoms with Gasteiger partial charge in [0.1, 0.15) is 11.4 Å². The van der Waals surface area contributed by atoms with Crippen LogP contribution in [0.2, 0.25) is 0 Å². The number of hydrogen-bond acceptors (Lipinski definition) is 4. The first kappa shape index (κ1) is 14.3. The molecule has 0 fully saturated rings. The number of aromatic hydroxyl groups is 1. The molecule has 1 unspecified atom stereocenters. The number of nitrogens with zero attached hydrogens (tertiary/aromatic N) is 1. The van der Waals surface area contributed by atoms with Crippen molar-refractivity contribution in [2.24, 2.45) is 0 Å². The molecule has 0 radical (unpaired) electrons. The highest BCUT2D eigenvalue weighted by atomic mass is 16.5. The smallest absolute Gasteiger partial charge is 0.262 e. The van der Waals surface area contributed by atoms with Crippen LogP contribution in [0.5, 0.6) is 5.88 Å². The van der Waals surface area contributed by atoms with Gasteiger partial charge in [0.05, 0.1) is 6.10 Å². The van der Waals surface area contributed by atoms with Crippen molar-refractivity contribution in [3.8, 4) is 17.0 Å². The molecule has 0 aliphatic heterocycles. The van der Waals surface area contributed by atoms with Gasteiger partial charge < -0.3 is 14.8 Å². The second-order valence-corrected chi connectivity index (χ2v) is 4.83. The summed E-state index contributed by atoms with van der Waals surface area (Å²) in [5.74, 6) is 0.163. The molecule has 5 nitrogen and oxygen atoms in total. The molecule has 0 saturated heterocycles. The van der Waals surface area contributed by atoms with Crippen molar-refractivity contribution in [1.82, 2.24) is 9.97 Å². The van der Waals surface area contributed by atoms with Crippen LogP contribution in [0.15, 0.2) is 29.1 Å². The van der Waals surface area contributed by atoms with E-state index in [1.54, 1.807) is 13.2 Å². The summed E-state index contributed by atoms with van der Waals surface area (Å²) in [6.45, 7) is 3.79. The van der Waals surface area contributed by atoms with E-state index < -0.39 is 0 Å². The molecule has 0 spiro atoms. The SMILES string of the molecule is COC(C)Cc1nc(O)c(-c2cccc(C)c2)c(=O)[nH]1. The van der Waals surface area contributed by atoms with E-state index in [4.69, 9.17) is 4.74 Å². The van der Waals surface area contributed by atoms with E-state index in [1.807, 2.05) is 32.0 Å². The second-order valence-electron chi connectivity index (χ2n) is 4.83. The number of ether oxygens (including phenoxy) is 1. The summed E-state index contributed by atoms with van der Waals surface area (Å²) < 4.78 is 5.12. The van der Waals surface area contributed by atoms with E-state index >= 15 is 0 Å². The third-order valence-corrected chi connectivity index (χ3v) is 3.14. The van der Waals surface area contributed by atoms with Crippen molar-refractivity contribution < 1.29 is 9.84 Å². The van der Waals surface area contributed by atoms with E-state index in [0.717, 1.165) is 5.56 Å². The monoisotopic (exact) mass is 274 g/mol. The maximum Gasteiger partial charge on any atom is 0.262 e. The Morgan fingerprint density at radius 1 is 1.45 bits per heavy atom. The van der Waals surface area contributed by atoms with Crippen LogP contribution in [0.4, 0.5) is 0 Å². The van der Waals surface area contributed by atoms with Gasteiger partial charge in [-0.05, 0) is 19.4 Å². The lowest BCUT2D eigenvalue weighted by Crippen LogP contribution is -2.18. The first-order valence-corrected chi connectivity index (χ1v) is 6.43. The first-order chi connectivity index (χ1) is 9.51. The maximum atomic E-state index is 12.1. The Kier molecular flexibility index (Phi) is 4.20. The number of methoxy groups -OCH3 is 1. The van der Waals surface area contributed by atoms with Gasteiger partial charge >= 0.3 is 0 Å². The molecule has 2 rings (SSSR count). The van der Waals surface area contributed by atoms with Gasteiger partial charge in [-0.25, -0.2) is 0 Å². The molecule has 0 aliphatic carbocycles. The van der Waals surface area contributed by atoms with Crippen LogP contribution in [-0.4, -0.2) is 28.3 Å². The van der Waals surface area contributed by atoms with Crippen molar-refractivity contribution >= 4 is 0 Å². The van der Waals surface area contributed by atoms with Gasteiger partial charge in [-0.1, -0.05) is 29.8 Å². The number of aromatic nitrogens is 2. The number of aromatic amines is 1. The van der Waals surface area contributed by atoms with Crippen LogP contribution in [0.1, 0.15) is 18.3 Å². The fourth-order valence-electron chi connectivity index (χ4n) is 2.02. The van der Waals surface area contributed by atoms with Gasteiger partial charge in [0, 0.05) is 13.5 Å². The zero-order chi connectivity index (χ0) is 14.7. The first-order valence-electron chi connectivity index (χ1n) is 6.43. The number of hydrogen-bond donors (Lipinski definition) is 2. The summed E-state index contributed by atoms with van der Waals surface area (Å²) in [5, 5.41) is 10.0. The lowest BCUT2D eigenvalue weighted by Gasteiger charge is -2.10. The lowest BCUT2D eigenvalue weighted by atomic mass is 10.1. The molecule has 0 aliphatic rings. The Morgan fingerprint density at radius 2 is 2.20 bits per heavy atom. The molecule has 2 aromatic rings. The van der Waals surface area contributed by atoms with E-state index in [-0.39, 0.29) is 23.1 Å². The number of aryl methyl sites for hydroxylation is 1. The van der Waals surface area contributed by atoms with Crippen molar-refractivity contribution in [3.63, 3.8) is 0 Å². The minimum absolute atomic E-state index is 0.0811. The van der Waals surface area contributed by atoms with Crippen LogP contribution in [0.25, 0.3) is 11.1 Å². The lowest BCUT2D eigenvalue weighted by molar-refractivity contribution is 0.117. The number of nitrogens with one attached hydrogen (secondary N) is 1. The summed E-state index contributed by atoms with van der Waals surface area (Å²) in [6.07, 6.45) is 0.357. The summed E-state index contributed by atoms with van der Waals surface area (Å²) in [7, 11) is 1.59. The van der Waals surface area contributed by atoms with Crippen LogP contribution in [0, 0.1) is 6.92 Å². The number of benzene rings is 1. The van der Waals surface area contributed by atoms with Crippen molar-refractivity contribution in [2.45, 2.75) is 26.4 Å². The molecular weight excluding hydrogens is 256 g/mol. The molecule has 0 bridgehead atoms. The summed E-state index contributed by atoms with van der Waals surface area (Å²) >= 11 is 0. The molecule has 0 saturated carbocycles. The normalized spacial score (nSPS) is 12.3. The maximum absolute atomic E-state index is 12.1. The van der Waals surface area contributed by atoms with E-state index in [0.29, 0.717) is 17.8 Å². The molecular formula is C15H18N2O3. The second kappa shape index (κ2) is 5.88. The third-order valence-electron chi connectivity index (χ3n) is 3.14. The van der Waals surface area contributed by atoms with E-state index in [2.05, 4.69) is 9.97 Å². The molecule has 1 heterocycles. The average Bonchev–Trinajstić information content (AvgIpc) is 2.37. The molecule has 1 atom stereocenters. The minimum atomic E-state index is -0.346. The van der Waals surface area contributed by atoms with Crippen molar-refractivity contribution in [2.75, 3.05) is 7.11 Å². The standard InChI is InChI=1S/C15H18N2O3/c1-9-5-4-6-11(7-9)13-14(18)16-12(17-15(13)19)8-10(2)20-3/h4-7,10H,8H2,1-3H3,(H2,16,17,18,19). The highest BCUT2D eigenvalue weighted by Gasteiger charge is 2.14. The Labute approximate surface area is 117 Å². The molecule has 5 heteroatoms. The summed E-state index contributed by atoms with van der Waals surface area (Å²) in [4.78, 5) is 18.9. The average molecular weight is 274 g/mol. The highest BCUT2D eigenvalue weighted by molar-refractivity contribution is 5.67. The molecule has 20 heavy (non-hydrogen) atoms. The van der Waals surface area contributed by atoms with Gasteiger partial charge in [0.2, 0.25) is 5.88 Å². The van der Waals surface area contributed by atoms with Crippen LogP contribution in [0.3, 0.4) is 0 Å². The Bertz CT molecular complexity index is 664. The Balaban J connectivity index is 2.44. The number of H-pyrrole nitrogens is 1. The minimum Gasteiger partial charge on any atom is -0.493 e. The topological polar surface area (TPSA) is 75.2 Å². The molecule has 2 N–H and O–H groups in total. The van der Waals surface area contributed by atoms with Gasteiger partial charge in [-0.15, -0.1) is 0 Å². The Morgan fingerprint density at radius 3 is 2.80 bits per heavy atom. The van der Waals surface area contributed by atoms with Gasteiger partial charge in [0.25, 0.3) is 5.56 Å². The fraction of sp³-hybridized carbons (Fsp3) is 0.333. The summed E-state index contributed by atoms with van der Waals surface area (Å²) in [6, 6.07) is 7.38. The van der Waals surface area contributed by atoms with Crippen molar-refractivity contribution in [3.05, 3.63) is 46.0 Å². The predicted octanol–water partition coefficient (Wildman–Crippen LogP) is 2.03. The van der Waals surface area contributed by atoms with Crippen LogP contribution >= 0.6 is 0 Å². The van der Waals surface area contributed by atoms with Gasteiger partial charge in [-0.2, -0.15) is 4.98 Å². The molecule has 0 amide bonds. The Hall–Kier alpha value is -2.14. The van der Waals surface area contributed by atoms with Crippen LogP contribution < -0.4 is 5.56 Å².